The molecule has 0 radical (unpaired) electrons. The van der Waals surface area contributed by atoms with Gasteiger partial charge >= 0.3 is 0 Å². The molecule has 0 unspecified atom stereocenters. The summed E-state index contributed by atoms with van der Waals surface area (Å²) in [5.41, 5.74) is 1.59. The molecule has 0 aromatic carbocycles. The van der Waals surface area contributed by atoms with Gasteiger partial charge in [0.05, 0.1) is 11.6 Å². The van der Waals surface area contributed by atoms with Crippen LogP contribution >= 0.6 is 0 Å². The van der Waals surface area contributed by atoms with E-state index in [9.17, 15) is 0 Å². The Balaban J connectivity index is 1.60. The predicted molar refractivity (Wildman–Crippen MR) is 78.1 cm³/mol. The maximum absolute atomic E-state index is 5.62. The molecule has 2 saturated heterocycles. The number of rotatable bonds is 1. The molecule has 4 heterocycles. The molecule has 1 N–H and O–H groups in total. The summed E-state index contributed by atoms with van der Waals surface area (Å²) in [6.07, 6.45) is 9.75. The van der Waals surface area contributed by atoms with Crippen molar-refractivity contribution < 1.29 is 4.74 Å². The Kier molecular flexibility index (Phi) is 2.24. The second-order valence-electron chi connectivity index (χ2n) is 6.66. The van der Waals surface area contributed by atoms with Crippen molar-refractivity contribution in [3.63, 3.8) is 0 Å². The minimum atomic E-state index is 0.315. The molecule has 2 aromatic heterocycles. The Morgan fingerprint density at radius 1 is 1.10 bits per heavy atom. The highest BCUT2D eigenvalue weighted by molar-refractivity contribution is 5.87. The first kappa shape index (κ1) is 11.9. The largest absolute Gasteiger partial charge is 0.381 e. The summed E-state index contributed by atoms with van der Waals surface area (Å²) in [7, 11) is 0. The van der Waals surface area contributed by atoms with E-state index in [1.54, 1.807) is 6.33 Å². The second-order valence-corrected chi connectivity index (χ2v) is 6.66. The van der Waals surface area contributed by atoms with E-state index >= 15 is 0 Å². The predicted octanol–water partition coefficient (Wildman–Crippen LogP) is 1.89. The van der Waals surface area contributed by atoms with E-state index in [1.807, 2.05) is 6.20 Å². The van der Waals surface area contributed by atoms with Gasteiger partial charge in [0, 0.05) is 25.3 Å². The van der Waals surface area contributed by atoms with E-state index < -0.39 is 0 Å². The Hall–Kier alpha value is -1.69. The van der Waals surface area contributed by atoms with Crippen molar-refractivity contribution in [3.05, 3.63) is 12.5 Å². The lowest BCUT2D eigenvalue weighted by Crippen LogP contribution is -2.45. The molecule has 6 nitrogen and oxygen atoms in total. The van der Waals surface area contributed by atoms with Gasteiger partial charge in [-0.3, -0.25) is 5.10 Å². The number of anilines is 1. The van der Waals surface area contributed by atoms with E-state index in [4.69, 9.17) is 4.74 Å². The molecule has 21 heavy (non-hydrogen) atoms. The summed E-state index contributed by atoms with van der Waals surface area (Å²) in [4.78, 5) is 11.4. The van der Waals surface area contributed by atoms with Crippen molar-refractivity contribution in [1.82, 2.24) is 20.2 Å². The van der Waals surface area contributed by atoms with E-state index in [-0.39, 0.29) is 0 Å². The third-order valence-electron chi connectivity index (χ3n) is 5.97. The second kappa shape index (κ2) is 3.94. The molecule has 1 saturated carbocycles. The Bertz CT molecular complexity index is 686. The molecule has 0 bridgehead atoms. The standard InChI is InChI=1S/C15H19N5O/c1-2-15(1)14(4-7-21-8-5-14)3-6-20(15)13-11-9-18-19-12(11)16-10-17-13/h9-10H,1-8H2,(H,16,17,18,19). The number of ether oxygens (including phenoxy) is 1. The topological polar surface area (TPSA) is 66.9 Å². The lowest BCUT2D eigenvalue weighted by atomic mass is 9.72. The smallest absolute Gasteiger partial charge is 0.160 e. The summed E-state index contributed by atoms with van der Waals surface area (Å²) in [5, 5.41) is 8.13. The van der Waals surface area contributed by atoms with Gasteiger partial charge in [-0.2, -0.15) is 5.10 Å². The number of nitrogens with zero attached hydrogens (tertiary/aromatic N) is 4. The van der Waals surface area contributed by atoms with Crippen LogP contribution in [-0.2, 0) is 4.74 Å². The van der Waals surface area contributed by atoms with Crippen molar-refractivity contribution in [1.29, 1.82) is 0 Å². The fraction of sp³-hybridized carbons (Fsp3) is 0.667. The number of H-pyrrole nitrogens is 1. The highest BCUT2D eigenvalue weighted by Gasteiger charge is 2.66. The van der Waals surface area contributed by atoms with Crippen molar-refractivity contribution in [3.8, 4) is 0 Å². The normalized spacial score (nSPS) is 26.0. The zero-order valence-electron chi connectivity index (χ0n) is 12.0. The van der Waals surface area contributed by atoms with Gasteiger partial charge in [0.25, 0.3) is 0 Å². The Morgan fingerprint density at radius 2 is 1.95 bits per heavy atom. The van der Waals surface area contributed by atoms with Gasteiger partial charge in [-0.1, -0.05) is 0 Å². The first-order valence-corrected chi connectivity index (χ1v) is 7.84. The summed E-state index contributed by atoms with van der Waals surface area (Å²) >= 11 is 0. The fourth-order valence-electron chi connectivity index (χ4n) is 4.73. The molecule has 2 aliphatic heterocycles. The molecule has 1 aliphatic carbocycles. The number of hydrogen-bond donors (Lipinski definition) is 1. The van der Waals surface area contributed by atoms with Crippen molar-refractivity contribution in [2.24, 2.45) is 5.41 Å². The average Bonchev–Trinajstić information content (AvgIpc) is 3.09. The maximum atomic E-state index is 5.62. The lowest BCUT2D eigenvalue weighted by Gasteiger charge is -2.42. The third-order valence-corrected chi connectivity index (χ3v) is 5.97. The highest BCUT2D eigenvalue weighted by atomic mass is 16.5. The summed E-state index contributed by atoms with van der Waals surface area (Å²) in [5.74, 6) is 1.06. The minimum absolute atomic E-state index is 0.315. The maximum Gasteiger partial charge on any atom is 0.160 e. The molecule has 3 fully saturated rings. The summed E-state index contributed by atoms with van der Waals surface area (Å²) < 4.78 is 5.62. The number of nitrogens with one attached hydrogen (secondary N) is 1. The zero-order valence-corrected chi connectivity index (χ0v) is 12.0. The number of fused-ring (bicyclic) bond motifs is 2. The first-order valence-electron chi connectivity index (χ1n) is 7.84. The molecular formula is C15H19N5O. The molecule has 2 aromatic rings. The van der Waals surface area contributed by atoms with Crippen LogP contribution in [0.25, 0.3) is 11.0 Å². The SMILES string of the molecule is c1nc(N2CCC3(CCOCC3)C23CC3)c2cn[nH]c2n1. The van der Waals surface area contributed by atoms with Gasteiger partial charge < -0.3 is 9.64 Å². The van der Waals surface area contributed by atoms with Gasteiger partial charge in [-0.15, -0.1) is 0 Å². The zero-order chi connectivity index (χ0) is 13.9. The monoisotopic (exact) mass is 285 g/mol. The van der Waals surface area contributed by atoms with Crippen LogP contribution in [0.5, 0.6) is 0 Å². The van der Waals surface area contributed by atoms with Gasteiger partial charge in [0.2, 0.25) is 0 Å². The van der Waals surface area contributed by atoms with Crippen molar-refractivity contribution in [2.45, 2.75) is 37.6 Å². The molecule has 110 valence electrons. The Morgan fingerprint density at radius 3 is 2.76 bits per heavy atom. The van der Waals surface area contributed by atoms with E-state index in [0.717, 1.165) is 36.6 Å². The molecule has 2 spiro atoms. The van der Waals surface area contributed by atoms with Crippen LogP contribution < -0.4 is 4.90 Å². The van der Waals surface area contributed by atoms with Crippen LogP contribution in [0.2, 0.25) is 0 Å². The van der Waals surface area contributed by atoms with Crippen molar-refractivity contribution >= 4 is 16.9 Å². The fourth-order valence-corrected chi connectivity index (χ4v) is 4.73. The molecule has 6 heteroatoms. The molecule has 5 rings (SSSR count). The first-order chi connectivity index (χ1) is 10.3. The van der Waals surface area contributed by atoms with E-state index in [1.165, 1.54) is 32.1 Å². The Labute approximate surface area is 122 Å². The van der Waals surface area contributed by atoms with E-state index in [2.05, 4.69) is 25.1 Å². The van der Waals surface area contributed by atoms with Crippen LogP contribution in [0, 0.1) is 5.41 Å². The van der Waals surface area contributed by atoms with Gasteiger partial charge in [0.15, 0.2) is 5.65 Å². The number of aromatic amines is 1. The molecular weight excluding hydrogens is 266 g/mol. The van der Waals surface area contributed by atoms with Crippen LogP contribution in [0.4, 0.5) is 5.82 Å². The van der Waals surface area contributed by atoms with Crippen LogP contribution in [0.15, 0.2) is 12.5 Å². The lowest BCUT2D eigenvalue weighted by molar-refractivity contribution is 0.00542. The number of hydrogen-bond acceptors (Lipinski definition) is 5. The van der Waals surface area contributed by atoms with E-state index in [0.29, 0.717) is 11.0 Å². The molecule has 0 atom stereocenters. The molecule has 0 amide bonds. The minimum Gasteiger partial charge on any atom is -0.381 e. The van der Waals surface area contributed by atoms with Gasteiger partial charge in [0.1, 0.15) is 12.1 Å². The van der Waals surface area contributed by atoms with Gasteiger partial charge in [-0.25, -0.2) is 9.97 Å². The number of aromatic nitrogens is 4. The van der Waals surface area contributed by atoms with Crippen molar-refractivity contribution in [2.75, 3.05) is 24.7 Å². The average molecular weight is 285 g/mol. The third kappa shape index (κ3) is 1.43. The highest BCUT2D eigenvalue weighted by Crippen LogP contribution is 2.65. The quantitative estimate of drug-likeness (QED) is 0.866. The van der Waals surface area contributed by atoms with Crippen LogP contribution in [0.1, 0.15) is 32.1 Å². The van der Waals surface area contributed by atoms with Crippen LogP contribution in [-0.4, -0.2) is 45.5 Å². The summed E-state index contributed by atoms with van der Waals surface area (Å²) in [6, 6.07) is 0. The van der Waals surface area contributed by atoms with Crippen LogP contribution in [0.3, 0.4) is 0 Å². The van der Waals surface area contributed by atoms with Gasteiger partial charge in [-0.05, 0) is 37.5 Å². The molecule has 3 aliphatic rings. The summed E-state index contributed by atoms with van der Waals surface area (Å²) in [6.45, 7) is 2.93.